The normalized spacial score (nSPS) is 11.4. The van der Waals surface area contributed by atoms with E-state index in [0.717, 1.165) is 5.56 Å². The molecule has 0 N–H and O–H groups in total. The Balaban J connectivity index is 1.45. The smallest absolute Gasteiger partial charge is 0.212 e. The Bertz CT molecular complexity index is 1110. The average molecular weight is 413 g/mol. The number of nitrogens with zero attached hydrogens (tertiary/aromatic N) is 4. The summed E-state index contributed by atoms with van der Waals surface area (Å²) in [4.78, 5) is 0. The van der Waals surface area contributed by atoms with Crippen molar-refractivity contribution in [1.29, 1.82) is 0 Å². The fourth-order valence-electron chi connectivity index (χ4n) is 2.47. The molecule has 0 spiro atoms. The highest BCUT2D eigenvalue weighted by Gasteiger charge is 2.09. The molecule has 2 aromatic heterocycles. The van der Waals surface area contributed by atoms with Crippen LogP contribution in [0.25, 0.3) is 11.3 Å². The summed E-state index contributed by atoms with van der Waals surface area (Å²) < 4.78 is 21.1. The van der Waals surface area contributed by atoms with E-state index in [1.807, 2.05) is 24.3 Å². The van der Waals surface area contributed by atoms with Crippen LogP contribution in [0.1, 0.15) is 11.3 Å². The predicted molar refractivity (Wildman–Crippen MR) is 108 cm³/mol. The highest BCUT2D eigenvalue weighted by Crippen LogP contribution is 2.25. The lowest BCUT2D eigenvalue weighted by Gasteiger charge is -2.01. The van der Waals surface area contributed by atoms with Crippen LogP contribution in [-0.4, -0.2) is 21.1 Å². The van der Waals surface area contributed by atoms with Gasteiger partial charge in [-0.25, -0.2) is 4.39 Å². The Hall–Kier alpha value is -2.90. The zero-order chi connectivity index (χ0) is 19.3. The third-order valence-electron chi connectivity index (χ3n) is 3.86. The van der Waals surface area contributed by atoms with E-state index in [-0.39, 0.29) is 5.82 Å². The Morgan fingerprint density at radius 3 is 2.75 bits per heavy atom. The molecule has 28 heavy (non-hydrogen) atoms. The van der Waals surface area contributed by atoms with Crippen molar-refractivity contribution in [3.63, 3.8) is 0 Å². The van der Waals surface area contributed by atoms with Crippen molar-refractivity contribution in [2.45, 2.75) is 10.9 Å². The molecule has 0 aliphatic carbocycles. The van der Waals surface area contributed by atoms with Gasteiger partial charge in [0.15, 0.2) is 0 Å². The van der Waals surface area contributed by atoms with Crippen LogP contribution < -0.4 is 0 Å². The molecule has 0 radical (unpaired) electrons. The summed E-state index contributed by atoms with van der Waals surface area (Å²) in [7, 11) is 0. The molecule has 4 rings (SSSR count). The summed E-state index contributed by atoms with van der Waals surface area (Å²) in [6, 6.07) is 17.5. The SMILES string of the molecule is Fc1ccccc1-c1ccc(/C=N\n2cnnc2SCc2ccc(Cl)cc2)o1. The van der Waals surface area contributed by atoms with Crippen molar-refractivity contribution in [3.05, 3.63) is 89.2 Å². The van der Waals surface area contributed by atoms with Crippen molar-refractivity contribution >= 4 is 29.6 Å². The van der Waals surface area contributed by atoms with Gasteiger partial charge in [0.25, 0.3) is 0 Å². The van der Waals surface area contributed by atoms with E-state index in [1.54, 1.807) is 41.2 Å². The van der Waals surface area contributed by atoms with Crippen LogP contribution in [-0.2, 0) is 5.75 Å². The topological polar surface area (TPSA) is 56.2 Å². The molecule has 0 fully saturated rings. The minimum atomic E-state index is -0.333. The van der Waals surface area contributed by atoms with Gasteiger partial charge in [-0.1, -0.05) is 47.6 Å². The molecule has 0 atom stereocenters. The highest BCUT2D eigenvalue weighted by atomic mass is 35.5. The lowest BCUT2D eigenvalue weighted by molar-refractivity contribution is 0.562. The molecule has 2 heterocycles. The van der Waals surface area contributed by atoms with Crippen LogP contribution in [0.2, 0.25) is 5.02 Å². The largest absolute Gasteiger partial charge is 0.455 e. The molecule has 0 bridgehead atoms. The number of thioether (sulfide) groups is 1. The van der Waals surface area contributed by atoms with Crippen molar-refractivity contribution in [2.75, 3.05) is 0 Å². The molecule has 5 nitrogen and oxygen atoms in total. The van der Waals surface area contributed by atoms with E-state index in [0.29, 0.717) is 33.0 Å². The zero-order valence-electron chi connectivity index (χ0n) is 14.5. The number of rotatable bonds is 6. The number of furan rings is 1. The molecule has 140 valence electrons. The van der Waals surface area contributed by atoms with E-state index >= 15 is 0 Å². The van der Waals surface area contributed by atoms with Crippen LogP contribution in [0.4, 0.5) is 4.39 Å². The van der Waals surface area contributed by atoms with Crippen molar-refractivity contribution < 1.29 is 8.81 Å². The van der Waals surface area contributed by atoms with Gasteiger partial charge in [0.1, 0.15) is 23.7 Å². The van der Waals surface area contributed by atoms with E-state index in [4.69, 9.17) is 16.0 Å². The van der Waals surface area contributed by atoms with Gasteiger partial charge < -0.3 is 4.42 Å². The predicted octanol–water partition coefficient (Wildman–Crippen LogP) is 5.51. The minimum absolute atomic E-state index is 0.333. The molecule has 0 aliphatic heterocycles. The number of benzene rings is 2. The molecule has 0 unspecified atom stereocenters. The maximum Gasteiger partial charge on any atom is 0.212 e. The van der Waals surface area contributed by atoms with Crippen LogP contribution in [0.3, 0.4) is 0 Å². The Labute approximate surface area is 169 Å². The molecule has 2 aromatic carbocycles. The van der Waals surface area contributed by atoms with Gasteiger partial charge in [-0.3, -0.25) is 0 Å². The van der Waals surface area contributed by atoms with Gasteiger partial charge in [0.05, 0.1) is 11.8 Å². The number of hydrogen-bond donors (Lipinski definition) is 0. The molecular formula is C20H14ClFN4OS. The maximum absolute atomic E-state index is 13.9. The van der Waals surface area contributed by atoms with Gasteiger partial charge in [-0.15, -0.1) is 10.2 Å². The molecule has 0 aliphatic rings. The van der Waals surface area contributed by atoms with Gasteiger partial charge in [0.2, 0.25) is 5.16 Å². The summed E-state index contributed by atoms with van der Waals surface area (Å²) in [6.07, 6.45) is 3.06. The van der Waals surface area contributed by atoms with Gasteiger partial charge in [0, 0.05) is 10.8 Å². The quantitative estimate of drug-likeness (QED) is 0.309. The zero-order valence-corrected chi connectivity index (χ0v) is 16.1. The fourth-order valence-corrected chi connectivity index (χ4v) is 3.41. The van der Waals surface area contributed by atoms with Gasteiger partial charge >= 0.3 is 0 Å². The van der Waals surface area contributed by atoms with Gasteiger partial charge in [-0.2, -0.15) is 9.78 Å². The molecule has 0 amide bonds. The monoisotopic (exact) mass is 412 g/mol. The van der Waals surface area contributed by atoms with Crippen LogP contribution in [0.15, 0.2) is 81.7 Å². The lowest BCUT2D eigenvalue weighted by atomic mass is 10.1. The lowest BCUT2D eigenvalue weighted by Crippen LogP contribution is -1.92. The second kappa shape index (κ2) is 8.41. The first-order valence-corrected chi connectivity index (χ1v) is 9.72. The van der Waals surface area contributed by atoms with E-state index < -0.39 is 0 Å². The second-order valence-corrected chi connectivity index (χ2v) is 7.18. The second-order valence-electron chi connectivity index (χ2n) is 5.80. The van der Waals surface area contributed by atoms with Gasteiger partial charge in [-0.05, 0) is 42.0 Å². The van der Waals surface area contributed by atoms with Crippen molar-refractivity contribution in [3.8, 4) is 11.3 Å². The number of aromatic nitrogens is 3. The summed E-state index contributed by atoms with van der Waals surface area (Å²) in [5.74, 6) is 1.32. The summed E-state index contributed by atoms with van der Waals surface area (Å²) in [5.41, 5.74) is 1.53. The summed E-state index contributed by atoms with van der Waals surface area (Å²) in [6.45, 7) is 0. The Kier molecular flexibility index (Phi) is 5.55. The average Bonchev–Trinajstić information content (AvgIpc) is 3.35. The summed E-state index contributed by atoms with van der Waals surface area (Å²) >= 11 is 7.41. The Morgan fingerprint density at radius 1 is 1.11 bits per heavy atom. The maximum atomic E-state index is 13.9. The highest BCUT2D eigenvalue weighted by molar-refractivity contribution is 7.98. The third kappa shape index (κ3) is 4.32. The van der Waals surface area contributed by atoms with E-state index in [1.165, 1.54) is 24.2 Å². The first-order valence-electron chi connectivity index (χ1n) is 8.35. The molecule has 4 aromatic rings. The molecule has 0 saturated heterocycles. The van der Waals surface area contributed by atoms with Crippen molar-refractivity contribution in [2.24, 2.45) is 5.10 Å². The standard InChI is InChI=1S/C20H14ClFN4OS/c21-15-7-5-14(6-8-15)12-28-20-25-23-13-26(20)24-11-16-9-10-19(27-16)17-3-1-2-4-18(17)22/h1-11,13H,12H2/b24-11-. The first-order chi connectivity index (χ1) is 13.7. The van der Waals surface area contributed by atoms with Crippen LogP contribution in [0.5, 0.6) is 0 Å². The molecule has 8 heteroatoms. The van der Waals surface area contributed by atoms with E-state index in [2.05, 4.69) is 15.3 Å². The number of hydrogen-bond acceptors (Lipinski definition) is 5. The van der Waals surface area contributed by atoms with Crippen LogP contribution in [0, 0.1) is 5.82 Å². The van der Waals surface area contributed by atoms with Crippen LogP contribution >= 0.6 is 23.4 Å². The third-order valence-corrected chi connectivity index (χ3v) is 5.11. The van der Waals surface area contributed by atoms with E-state index in [9.17, 15) is 4.39 Å². The molecular weight excluding hydrogens is 399 g/mol. The Morgan fingerprint density at radius 2 is 1.93 bits per heavy atom. The fraction of sp³-hybridized carbons (Fsp3) is 0.0500. The summed E-state index contributed by atoms with van der Waals surface area (Å²) in [5, 5.41) is 13.7. The minimum Gasteiger partial charge on any atom is -0.455 e. The van der Waals surface area contributed by atoms with Crippen molar-refractivity contribution in [1.82, 2.24) is 14.9 Å². The first kappa shape index (κ1) is 18.5. The molecule has 0 saturated carbocycles. The number of halogens is 2.